The van der Waals surface area contributed by atoms with Gasteiger partial charge in [-0.1, -0.05) is 20.8 Å². The second-order valence-electron chi connectivity index (χ2n) is 6.27. The lowest BCUT2D eigenvalue weighted by Crippen LogP contribution is -2.57. The number of nitrogens with zero attached hydrogens (tertiary/aromatic N) is 1. The molecular formula is C14H28N2O. The van der Waals surface area contributed by atoms with Gasteiger partial charge >= 0.3 is 0 Å². The van der Waals surface area contributed by atoms with Gasteiger partial charge in [0.25, 0.3) is 0 Å². The molecule has 0 bridgehead atoms. The Hall–Kier alpha value is -0.120. The van der Waals surface area contributed by atoms with Crippen LogP contribution in [0.1, 0.15) is 33.6 Å². The molecule has 3 atom stereocenters. The summed E-state index contributed by atoms with van der Waals surface area (Å²) in [5, 5.41) is 13.4. The number of hydrogen-bond donors (Lipinski definition) is 2. The molecule has 0 spiro atoms. The van der Waals surface area contributed by atoms with Crippen molar-refractivity contribution in [2.45, 2.75) is 39.2 Å². The summed E-state index contributed by atoms with van der Waals surface area (Å²) < 4.78 is 0. The molecule has 3 heteroatoms. The van der Waals surface area contributed by atoms with Crippen LogP contribution in [0.2, 0.25) is 0 Å². The van der Waals surface area contributed by atoms with E-state index in [-0.39, 0.29) is 12.1 Å². The van der Waals surface area contributed by atoms with Gasteiger partial charge in [-0.3, -0.25) is 0 Å². The number of likely N-dealkylation sites (tertiary alicyclic amines) is 1. The van der Waals surface area contributed by atoms with Gasteiger partial charge in [-0.25, -0.2) is 0 Å². The molecule has 1 heterocycles. The van der Waals surface area contributed by atoms with E-state index < -0.39 is 0 Å². The van der Waals surface area contributed by atoms with Gasteiger partial charge in [-0.2, -0.15) is 0 Å². The Morgan fingerprint density at radius 1 is 1.24 bits per heavy atom. The molecule has 1 aliphatic carbocycles. The van der Waals surface area contributed by atoms with Crippen LogP contribution >= 0.6 is 0 Å². The Kier molecular flexibility index (Phi) is 4.11. The Labute approximate surface area is 106 Å². The summed E-state index contributed by atoms with van der Waals surface area (Å²) in [4.78, 5) is 2.55. The maximum Gasteiger partial charge on any atom is 0.0628 e. The summed E-state index contributed by atoms with van der Waals surface area (Å²) in [5.41, 5.74) is -0.0292. The largest absolute Gasteiger partial charge is 0.394 e. The molecule has 3 nitrogen and oxygen atoms in total. The average molecular weight is 240 g/mol. The predicted octanol–water partition coefficient (Wildman–Crippen LogP) is 1.32. The zero-order valence-electron chi connectivity index (χ0n) is 11.6. The van der Waals surface area contributed by atoms with E-state index in [0.29, 0.717) is 5.92 Å². The van der Waals surface area contributed by atoms with Crippen LogP contribution in [0.3, 0.4) is 0 Å². The number of likely N-dealkylation sites (N-methyl/N-ethyl adjacent to an activating group) is 1. The number of hydrogen-bond acceptors (Lipinski definition) is 3. The van der Waals surface area contributed by atoms with Crippen LogP contribution in [0, 0.1) is 17.8 Å². The minimum atomic E-state index is -0.0292. The second kappa shape index (κ2) is 5.25. The molecule has 2 aliphatic rings. The first-order chi connectivity index (χ1) is 8.11. The van der Waals surface area contributed by atoms with Crippen LogP contribution in [-0.2, 0) is 0 Å². The van der Waals surface area contributed by atoms with E-state index >= 15 is 0 Å². The maximum atomic E-state index is 9.82. The highest BCUT2D eigenvalue weighted by Crippen LogP contribution is 2.40. The highest BCUT2D eigenvalue weighted by atomic mass is 16.3. The van der Waals surface area contributed by atoms with Crippen molar-refractivity contribution in [2.24, 2.45) is 17.8 Å². The normalized spacial score (nSPS) is 33.9. The van der Waals surface area contributed by atoms with E-state index in [9.17, 15) is 5.11 Å². The van der Waals surface area contributed by atoms with Crippen molar-refractivity contribution in [3.8, 4) is 0 Å². The quantitative estimate of drug-likeness (QED) is 0.735. The molecule has 0 aromatic rings. The van der Waals surface area contributed by atoms with Gasteiger partial charge in [-0.05, 0) is 37.1 Å². The van der Waals surface area contributed by atoms with Crippen LogP contribution in [-0.4, -0.2) is 48.3 Å². The van der Waals surface area contributed by atoms with Crippen LogP contribution in [0.4, 0.5) is 0 Å². The third-order valence-electron chi connectivity index (χ3n) is 4.74. The first-order valence-corrected chi connectivity index (χ1v) is 7.19. The van der Waals surface area contributed by atoms with Crippen molar-refractivity contribution in [1.82, 2.24) is 10.2 Å². The van der Waals surface area contributed by atoms with Crippen LogP contribution in [0.5, 0.6) is 0 Å². The summed E-state index contributed by atoms with van der Waals surface area (Å²) in [5.74, 6) is 2.29. The highest BCUT2D eigenvalue weighted by Gasteiger charge is 2.46. The Morgan fingerprint density at radius 2 is 1.82 bits per heavy atom. The minimum Gasteiger partial charge on any atom is -0.394 e. The monoisotopic (exact) mass is 240 g/mol. The summed E-state index contributed by atoms with van der Waals surface area (Å²) in [7, 11) is 0. The lowest BCUT2D eigenvalue weighted by Gasteiger charge is -2.37. The molecular weight excluding hydrogens is 212 g/mol. The molecule has 100 valence electrons. The van der Waals surface area contributed by atoms with Gasteiger partial charge in [0.1, 0.15) is 0 Å². The second-order valence-corrected chi connectivity index (χ2v) is 6.27. The topological polar surface area (TPSA) is 35.5 Å². The number of aliphatic hydroxyl groups excluding tert-OH is 1. The van der Waals surface area contributed by atoms with E-state index in [2.05, 4.69) is 31.0 Å². The van der Waals surface area contributed by atoms with Crippen molar-refractivity contribution >= 4 is 0 Å². The molecule has 1 saturated heterocycles. The molecule has 2 N–H and O–H groups in total. The third kappa shape index (κ3) is 2.83. The standard InChI is InChI=1S/C14H28N2O/c1-4-15-14(10-17,13-5-6-13)9-16-7-11(2)12(3)8-16/h11-13,15,17H,4-10H2,1-3H3. The third-order valence-corrected chi connectivity index (χ3v) is 4.74. The molecule has 0 amide bonds. The Balaban J connectivity index is 1.97. The molecule has 0 radical (unpaired) electrons. The molecule has 1 aliphatic heterocycles. The molecule has 0 aromatic heterocycles. The van der Waals surface area contributed by atoms with Crippen LogP contribution in [0.25, 0.3) is 0 Å². The van der Waals surface area contributed by atoms with Crippen molar-refractivity contribution in [3.05, 3.63) is 0 Å². The van der Waals surface area contributed by atoms with E-state index in [1.807, 2.05) is 0 Å². The molecule has 2 fully saturated rings. The molecule has 1 saturated carbocycles. The van der Waals surface area contributed by atoms with E-state index in [0.717, 1.165) is 24.9 Å². The lowest BCUT2D eigenvalue weighted by molar-refractivity contribution is 0.0996. The molecule has 0 aromatic carbocycles. The van der Waals surface area contributed by atoms with Gasteiger partial charge in [-0.15, -0.1) is 0 Å². The van der Waals surface area contributed by atoms with E-state index in [1.165, 1.54) is 25.9 Å². The zero-order chi connectivity index (χ0) is 12.5. The number of nitrogens with one attached hydrogen (secondary N) is 1. The van der Waals surface area contributed by atoms with Crippen LogP contribution in [0.15, 0.2) is 0 Å². The smallest absolute Gasteiger partial charge is 0.0628 e. The summed E-state index contributed by atoms with van der Waals surface area (Å²) >= 11 is 0. The molecule has 17 heavy (non-hydrogen) atoms. The highest BCUT2D eigenvalue weighted by molar-refractivity contribution is 5.03. The zero-order valence-corrected chi connectivity index (χ0v) is 11.6. The summed E-state index contributed by atoms with van der Waals surface area (Å²) in [6.45, 7) is 11.5. The first-order valence-electron chi connectivity index (χ1n) is 7.19. The maximum absolute atomic E-state index is 9.82. The SMILES string of the molecule is CCNC(CO)(CN1CC(C)C(C)C1)C1CC1. The fourth-order valence-electron chi connectivity index (χ4n) is 3.33. The van der Waals surface area contributed by atoms with Crippen molar-refractivity contribution in [1.29, 1.82) is 0 Å². The fourth-order valence-corrected chi connectivity index (χ4v) is 3.33. The van der Waals surface area contributed by atoms with Gasteiger partial charge in [0.2, 0.25) is 0 Å². The van der Waals surface area contributed by atoms with Crippen molar-refractivity contribution < 1.29 is 5.11 Å². The predicted molar refractivity (Wildman–Crippen MR) is 71.0 cm³/mol. The van der Waals surface area contributed by atoms with Gasteiger partial charge in [0, 0.05) is 19.6 Å². The summed E-state index contributed by atoms with van der Waals surface area (Å²) in [6, 6.07) is 0. The van der Waals surface area contributed by atoms with E-state index in [4.69, 9.17) is 0 Å². The average Bonchev–Trinajstić information content (AvgIpc) is 3.08. The number of aliphatic hydroxyl groups is 1. The molecule has 3 unspecified atom stereocenters. The van der Waals surface area contributed by atoms with E-state index in [1.54, 1.807) is 0 Å². The summed E-state index contributed by atoms with van der Waals surface area (Å²) in [6.07, 6.45) is 2.57. The Bertz CT molecular complexity index is 245. The van der Waals surface area contributed by atoms with Crippen molar-refractivity contribution in [2.75, 3.05) is 32.8 Å². The van der Waals surface area contributed by atoms with Gasteiger partial charge < -0.3 is 15.3 Å². The fraction of sp³-hybridized carbons (Fsp3) is 1.00. The number of rotatable bonds is 6. The van der Waals surface area contributed by atoms with Crippen molar-refractivity contribution in [3.63, 3.8) is 0 Å². The lowest BCUT2D eigenvalue weighted by atomic mass is 9.93. The van der Waals surface area contributed by atoms with Crippen LogP contribution < -0.4 is 5.32 Å². The minimum absolute atomic E-state index is 0.0292. The van der Waals surface area contributed by atoms with Gasteiger partial charge in [0.05, 0.1) is 12.1 Å². The first kappa shape index (κ1) is 13.3. The molecule has 2 rings (SSSR count). The Morgan fingerprint density at radius 3 is 2.24 bits per heavy atom. The van der Waals surface area contributed by atoms with Gasteiger partial charge in [0.15, 0.2) is 0 Å².